The summed E-state index contributed by atoms with van der Waals surface area (Å²) in [5.74, 6) is 1.16. The third-order valence-electron chi connectivity index (χ3n) is 2.95. The fourth-order valence-electron chi connectivity index (χ4n) is 1.67. The van der Waals surface area contributed by atoms with Crippen LogP contribution < -0.4 is 4.74 Å². The molecule has 23 heavy (non-hydrogen) atoms. The molecule has 0 bridgehead atoms. The molecule has 1 N–H and O–H groups in total. The van der Waals surface area contributed by atoms with E-state index >= 15 is 0 Å². The first kappa shape index (κ1) is 18.5. The first-order chi connectivity index (χ1) is 11.2. The van der Waals surface area contributed by atoms with E-state index in [-0.39, 0.29) is 0 Å². The Bertz CT molecular complexity index is 571. The van der Waals surface area contributed by atoms with Crippen LogP contribution in [0.1, 0.15) is 18.1 Å². The van der Waals surface area contributed by atoms with Crippen LogP contribution >= 0.6 is 0 Å². The Morgan fingerprint density at radius 3 is 1.87 bits per heavy atom. The number of phenolic OH excluding ortho intramolecular Hbond substituents is 1. The number of hydrogen-bond donors (Lipinski definition) is 1. The van der Waals surface area contributed by atoms with E-state index in [1.807, 2.05) is 49.4 Å². The monoisotopic (exact) mass is 312 g/mol. The van der Waals surface area contributed by atoms with Gasteiger partial charge in [-0.3, -0.25) is 0 Å². The van der Waals surface area contributed by atoms with Crippen LogP contribution in [0, 0.1) is 0 Å². The molecule has 0 unspecified atom stereocenters. The minimum Gasteiger partial charge on any atom is -0.508 e. The molecule has 2 aromatic carbocycles. The maximum Gasteiger partial charge on any atom is 0.119 e. The van der Waals surface area contributed by atoms with Gasteiger partial charge in [0.1, 0.15) is 18.1 Å². The Hall–Kier alpha value is -2.52. The summed E-state index contributed by atoms with van der Waals surface area (Å²) in [5.41, 5.74) is 2.12. The van der Waals surface area contributed by atoms with Crippen molar-refractivity contribution in [1.82, 2.24) is 0 Å². The number of aromatic hydroxyl groups is 1. The second-order valence-corrected chi connectivity index (χ2v) is 4.61. The lowest BCUT2D eigenvalue weighted by Crippen LogP contribution is -2.06. The van der Waals surface area contributed by atoms with E-state index < -0.39 is 0 Å². The van der Waals surface area contributed by atoms with Gasteiger partial charge < -0.3 is 14.6 Å². The Morgan fingerprint density at radius 1 is 0.870 bits per heavy atom. The van der Waals surface area contributed by atoms with Gasteiger partial charge in [0.2, 0.25) is 0 Å². The van der Waals surface area contributed by atoms with Crippen LogP contribution in [0.2, 0.25) is 0 Å². The van der Waals surface area contributed by atoms with E-state index in [4.69, 9.17) is 14.6 Å². The fraction of sp³-hybridized carbons (Fsp3) is 0.200. The zero-order chi connectivity index (χ0) is 16.9. The summed E-state index contributed by atoms with van der Waals surface area (Å²) < 4.78 is 10.6. The second kappa shape index (κ2) is 11.1. The molecule has 0 radical (unpaired) electrons. The molecule has 2 aromatic rings. The number of rotatable bonds is 7. The SMILES string of the molecule is C=Cc1ccc(O)cc1.C=Cc1ccc(OCCOCC)cc1. The van der Waals surface area contributed by atoms with E-state index in [0.29, 0.717) is 19.0 Å². The zero-order valence-corrected chi connectivity index (χ0v) is 13.6. The molecule has 0 saturated carbocycles. The van der Waals surface area contributed by atoms with E-state index in [1.54, 1.807) is 18.2 Å². The van der Waals surface area contributed by atoms with Crippen LogP contribution in [0.25, 0.3) is 12.2 Å². The van der Waals surface area contributed by atoms with Crippen molar-refractivity contribution in [2.75, 3.05) is 19.8 Å². The minimum absolute atomic E-state index is 0.292. The van der Waals surface area contributed by atoms with Gasteiger partial charge in [0.25, 0.3) is 0 Å². The van der Waals surface area contributed by atoms with Crippen LogP contribution in [-0.2, 0) is 4.74 Å². The van der Waals surface area contributed by atoms with Gasteiger partial charge in [-0.1, -0.05) is 49.6 Å². The summed E-state index contributed by atoms with van der Waals surface area (Å²) >= 11 is 0. The molecular formula is C20H24O3. The fourth-order valence-corrected chi connectivity index (χ4v) is 1.67. The van der Waals surface area contributed by atoms with Crippen LogP contribution in [-0.4, -0.2) is 24.9 Å². The smallest absolute Gasteiger partial charge is 0.119 e. The molecule has 0 saturated heterocycles. The predicted octanol–water partition coefficient (Wildman–Crippen LogP) is 4.78. The highest BCUT2D eigenvalue weighted by Crippen LogP contribution is 2.12. The van der Waals surface area contributed by atoms with E-state index in [0.717, 1.165) is 23.5 Å². The minimum atomic E-state index is 0.292. The highest BCUT2D eigenvalue weighted by molar-refractivity contribution is 5.48. The number of hydrogen-bond acceptors (Lipinski definition) is 3. The van der Waals surface area contributed by atoms with E-state index in [2.05, 4.69) is 13.2 Å². The lowest BCUT2D eigenvalue weighted by molar-refractivity contribution is 0.110. The van der Waals surface area contributed by atoms with Crippen molar-refractivity contribution in [3.63, 3.8) is 0 Å². The molecule has 0 heterocycles. The standard InChI is InChI=1S/C12H16O2.C8H8O/c1-3-11-5-7-12(8-6-11)14-10-9-13-4-2;1-2-7-3-5-8(9)6-4-7/h3,5-8H,1,4,9-10H2,2H3;2-6,9H,1H2. The molecule has 0 aliphatic heterocycles. The molecule has 0 atom stereocenters. The molecule has 122 valence electrons. The average Bonchev–Trinajstić information content (AvgIpc) is 2.60. The normalized spacial score (nSPS) is 9.43. The van der Waals surface area contributed by atoms with Crippen molar-refractivity contribution < 1.29 is 14.6 Å². The highest BCUT2D eigenvalue weighted by atomic mass is 16.5. The van der Waals surface area contributed by atoms with Crippen molar-refractivity contribution in [2.24, 2.45) is 0 Å². The molecule has 0 aliphatic carbocycles. The first-order valence-corrected chi connectivity index (χ1v) is 7.54. The van der Waals surface area contributed by atoms with Gasteiger partial charge in [0, 0.05) is 6.61 Å². The van der Waals surface area contributed by atoms with Gasteiger partial charge in [-0.2, -0.15) is 0 Å². The third-order valence-corrected chi connectivity index (χ3v) is 2.95. The molecule has 0 aliphatic rings. The molecule has 0 fully saturated rings. The quantitative estimate of drug-likeness (QED) is 0.748. The van der Waals surface area contributed by atoms with Crippen molar-refractivity contribution in [3.05, 3.63) is 72.8 Å². The number of phenols is 1. The van der Waals surface area contributed by atoms with Gasteiger partial charge in [-0.05, 0) is 42.3 Å². The zero-order valence-electron chi connectivity index (χ0n) is 13.6. The summed E-state index contributed by atoms with van der Waals surface area (Å²) in [6.45, 7) is 11.2. The van der Waals surface area contributed by atoms with Crippen LogP contribution in [0.3, 0.4) is 0 Å². The van der Waals surface area contributed by atoms with Crippen LogP contribution in [0.5, 0.6) is 11.5 Å². The van der Waals surface area contributed by atoms with E-state index in [9.17, 15) is 0 Å². The molecule has 2 rings (SSSR count). The summed E-state index contributed by atoms with van der Waals surface area (Å²) in [4.78, 5) is 0. The number of ether oxygens (including phenoxy) is 2. The molecular weight excluding hydrogens is 288 g/mol. The number of benzene rings is 2. The lowest BCUT2D eigenvalue weighted by atomic mass is 10.2. The maximum absolute atomic E-state index is 8.82. The van der Waals surface area contributed by atoms with Crippen molar-refractivity contribution in [3.8, 4) is 11.5 Å². The predicted molar refractivity (Wildman–Crippen MR) is 96.7 cm³/mol. The van der Waals surface area contributed by atoms with Crippen LogP contribution in [0.15, 0.2) is 61.7 Å². The van der Waals surface area contributed by atoms with Crippen molar-refractivity contribution in [1.29, 1.82) is 0 Å². The summed E-state index contributed by atoms with van der Waals surface area (Å²) in [7, 11) is 0. The van der Waals surface area contributed by atoms with Gasteiger partial charge in [-0.15, -0.1) is 0 Å². The Labute approximate surface area is 138 Å². The topological polar surface area (TPSA) is 38.7 Å². The summed E-state index contributed by atoms with van der Waals surface area (Å²) in [6.07, 6.45) is 3.55. The molecule has 0 aromatic heterocycles. The van der Waals surface area contributed by atoms with Gasteiger partial charge in [0.05, 0.1) is 6.61 Å². The van der Waals surface area contributed by atoms with Gasteiger partial charge in [-0.25, -0.2) is 0 Å². The summed E-state index contributed by atoms with van der Waals surface area (Å²) in [6, 6.07) is 14.7. The molecule has 0 spiro atoms. The molecule has 0 amide bonds. The van der Waals surface area contributed by atoms with Gasteiger partial charge >= 0.3 is 0 Å². The second-order valence-electron chi connectivity index (χ2n) is 4.61. The Balaban J connectivity index is 0.000000253. The maximum atomic E-state index is 8.82. The molecule has 3 heteroatoms. The first-order valence-electron chi connectivity index (χ1n) is 7.54. The summed E-state index contributed by atoms with van der Waals surface area (Å²) in [5, 5.41) is 8.82. The third kappa shape index (κ3) is 7.88. The van der Waals surface area contributed by atoms with Crippen molar-refractivity contribution >= 4 is 12.2 Å². The molecule has 3 nitrogen and oxygen atoms in total. The largest absolute Gasteiger partial charge is 0.508 e. The Morgan fingerprint density at radius 2 is 1.39 bits per heavy atom. The lowest BCUT2D eigenvalue weighted by Gasteiger charge is -2.05. The van der Waals surface area contributed by atoms with Crippen molar-refractivity contribution in [2.45, 2.75) is 6.92 Å². The highest BCUT2D eigenvalue weighted by Gasteiger charge is 1.92. The van der Waals surface area contributed by atoms with Crippen LogP contribution in [0.4, 0.5) is 0 Å². The Kier molecular flexibility index (Phi) is 8.94. The van der Waals surface area contributed by atoms with E-state index in [1.165, 1.54) is 0 Å². The average molecular weight is 312 g/mol. The van der Waals surface area contributed by atoms with Gasteiger partial charge in [0.15, 0.2) is 0 Å².